The molecular formula is C11H22N2O3S. The molecule has 0 saturated carbocycles. The number of sulfonamides is 1. The van der Waals surface area contributed by atoms with Gasteiger partial charge in [0.15, 0.2) is 0 Å². The van der Waals surface area contributed by atoms with E-state index in [-0.39, 0.29) is 17.1 Å². The van der Waals surface area contributed by atoms with Crippen LogP contribution in [0.2, 0.25) is 0 Å². The van der Waals surface area contributed by atoms with Crippen molar-refractivity contribution in [2.75, 3.05) is 19.6 Å². The zero-order valence-electron chi connectivity index (χ0n) is 10.8. The van der Waals surface area contributed by atoms with Crippen LogP contribution in [-0.4, -0.2) is 43.5 Å². The number of amides is 1. The van der Waals surface area contributed by atoms with Gasteiger partial charge in [0, 0.05) is 25.6 Å². The Kier molecular flexibility index (Phi) is 4.94. The standard InChI is InChI=1S/C11H22N2O3S/c1-4-12-11(14)10-5-7-13(8-6-10)17(15,16)9(2)3/h9-10H,4-8H2,1-3H3,(H,12,14). The smallest absolute Gasteiger partial charge is 0.223 e. The van der Waals surface area contributed by atoms with Gasteiger partial charge in [-0.25, -0.2) is 12.7 Å². The highest BCUT2D eigenvalue weighted by molar-refractivity contribution is 7.89. The minimum absolute atomic E-state index is 0.0337. The highest BCUT2D eigenvalue weighted by atomic mass is 32.2. The Hall–Kier alpha value is -0.620. The number of nitrogens with one attached hydrogen (secondary N) is 1. The van der Waals surface area contributed by atoms with Gasteiger partial charge >= 0.3 is 0 Å². The fourth-order valence-electron chi connectivity index (χ4n) is 1.99. The summed E-state index contributed by atoms with van der Waals surface area (Å²) in [6, 6.07) is 0. The van der Waals surface area contributed by atoms with Crippen LogP contribution in [0.25, 0.3) is 0 Å². The van der Waals surface area contributed by atoms with Crippen LogP contribution in [0.5, 0.6) is 0 Å². The molecule has 0 radical (unpaired) electrons. The van der Waals surface area contributed by atoms with E-state index in [1.807, 2.05) is 6.92 Å². The molecule has 0 bridgehead atoms. The van der Waals surface area contributed by atoms with E-state index in [4.69, 9.17) is 0 Å². The van der Waals surface area contributed by atoms with Crippen molar-refractivity contribution >= 4 is 15.9 Å². The lowest BCUT2D eigenvalue weighted by Gasteiger charge is -2.31. The van der Waals surface area contributed by atoms with Crippen molar-refractivity contribution in [3.63, 3.8) is 0 Å². The number of carbonyl (C=O) groups is 1. The molecule has 1 fully saturated rings. The van der Waals surface area contributed by atoms with E-state index in [2.05, 4.69) is 5.32 Å². The van der Waals surface area contributed by atoms with Crippen LogP contribution in [0, 0.1) is 5.92 Å². The van der Waals surface area contributed by atoms with Gasteiger partial charge in [-0.15, -0.1) is 0 Å². The number of piperidine rings is 1. The van der Waals surface area contributed by atoms with Gasteiger partial charge in [0.2, 0.25) is 15.9 Å². The molecule has 0 aromatic carbocycles. The number of carbonyl (C=O) groups excluding carboxylic acids is 1. The quantitative estimate of drug-likeness (QED) is 0.805. The van der Waals surface area contributed by atoms with Crippen LogP contribution >= 0.6 is 0 Å². The van der Waals surface area contributed by atoms with Crippen molar-refractivity contribution in [2.24, 2.45) is 5.92 Å². The summed E-state index contributed by atoms with van der Waals surface area (Å²) in [5.74, 6) is 0.0163. The van der Waals surface area contributed by atoms with Gasteiger partial charge in [-0.05, 0) is 33.6 Å². The Morgan fingerprint density at radius 3 is 2.29 bits per heavy atom. The Morgan fingerprint density at radius 2 is 1.88 bits per heavy atom. The minimum atomic E-state index is -3.16. The van der Waals surface area contributed by atoms with Crippen molar-refractivity contribution in [2.45, 2.75) is 38.9 Å². The van der Waals surface area contributed by atoms with E-state index >= 15 is 0 Å². The summed E-state index contributed by atoms with van der Waals surface area (Å²) in [6.07, 6.45) is 1.25. The molecule has 1 aliphatic heterocycles. The predicted molar refractivity (Wildman–Crippen MR) is 67.0 cm³/mol. The molecule has 0 aromatic rings. The number of rotatable bonds is 4. The Labute approximate surface area is 104 Å². The van der Waals surface area contributed by atoms with E-state index in [9.17, 15) is 13.2 Å². The summed E-state index contributed by atoms with van der Waals surface area (Å²) >= 11 is 0. The van der Waals surface area contributed by atoms with E-state index in [1.54, 1.807) is 13.8 Å². The third kappa shape index (κ3) is 3.42. The van der Waals surface area contributed by atoms with Crippen LogP contribution in [0.4, 0.5) is 0 Å². The van der Waals surface area contributed by atoms with Gasteiger partial charge in [0.25, 0.3) is 0 Å². The summed E-state index contributed by atoms with van der Waals surface area (Å²) in [7, 11) is -3.16. The largest absolute Gasteiger partial charge is 0.356 e. The third-order valence-electron chi connectivity index (χ3n) is 3.13. The van der Waals surface area contributed by atoms with Gasteiger partial charge in [0.1, 0.15) is 0 Å². The molecule has 0 unspecified atom stereocenters. The topological polar surface area (TPSA) is 66.5 Å². The van der Waals surface area contributed by atoms with Gasteiger partial charge in [-0.2, -0.15) is 0 Å². The first-order chi connectivity index (χ1) is 7.89. The summed E-state index contributed by atoms with van der Waals surface area (Å²) < 4.78 is 25.3. The maximum absolute atomic E-state index is 11.9. The monoisotopic (exact) mass is 262 g/mol. The Bertz CT molecular complexity index is 357. The van der Waals surface area contributed by atoms with E-state index in [0.717, 1.165) is 0 Å². The fraction of sp³-hybridized carbons (Fsp3) is 0.909. The van der Waals surface area contributed by atoms with Crippen molar-refractivity contribution in [1.82, 2.24) is 9.62 Å². The molecule has 6 heteroatoms. The molecule has 1 heterocycles. The lowest BCUT2D eigenvalue weighted by molar-refractivity contribution is -0.126. The van der Waals surface area contributed by atoms with Crippen LogP contribution in [0.1, 0.15) is 33.6 Å². The molecule has 0 atom stereocenters. The van der Waals surface area contributed by atoms with Crippen LogP contribution in [-0.2, 0) is 14.8 Å². The molecule has 1 saturated heterocycles. The molecule has 1 rings (SSSR count). The normalized spacial score (nSPS) is 19.5. The van der Waals surface area contributed by atoms with Crippen molar-refractivity contribution in [1.29, 1.82) is 0 Å². The SMILES string of the molecule is CCNC(=O)C1CCN(S(=O)(=O)C(C)C)CC1. The zero-order valence-corrected chi connectivity index (χ0v) is 11.6. The number of hydrogen-bond donors (Lipinski definition) is 1. The molecule has 0 aliphatic carbocycles. The van der Waals surface area contributed by atoms with E-state index in [0.29, 0.717) is 32.5 Å². The van der Waals surface area contributed by atoms with Crippen molar-refractivity contribution < 1.29 is 13.2 Å². The molecule has 5 nitrogen and oxygen atoms in total. The maximum atomic E-state index is 11.9. The molecule has 17 heavy (non-hydrogen) atoms. The average molecular weight is 262 g/mol. The van der Waals surface area contributed by atoms with E-state index < -0.39 is 10.0 Å². The maximum Gasteiger partial charge on any atom is 0.223 e. The van der Waals surface area contributed by atoms with Crippen LogP contribution < -0.4 is 5.32 Å². The summed E-state index contributed by atoms with van der Waals surface area (Å²) in [5, 5.41) is 2.40. The molecule has 0 aromatic heterocycles. The van der Waals surface area contributed by atoms with Gasteiger partial charge in [0.05, 0.1) is 5.25 Å². The zero-order chi connectivity index (χ0) is 13.1. The first-order valence-electron chi connectivity index (χ1n) is 6.16. The first kappa shape index (κ1) is 14.4. The molecule has 100 valence electrons. The summed E-state index contributed by atoms with van der Waals surface area (Å²) in [5.41, 5.74) is 0. The molecule has 1 aliphatic rings. The first-order valence-corrected chi connectivity index (χ1v) is 7.66. The summed E-state index contributed by atoms with van der Waals surface area (Å²) in [4.78, 5) is 11.6. The summed E-state index contributed by atoms with van der Waals surface area (Å²) in [6.45, 7) is 6.81. The molecule has 1 N–H and O–H groups in total. The van der Waals surface area contributed by atoms with Crippen molar-refractivity contribution in [3.8, 4) is 0 Å². The third-order valence-corrected chi connectivity index (χ3v) is 5.41. The van der Waals surface area contributed by atoms with Crippen LogP contribution in [0.15, 0.2) is 0 Å². The number of nitrogens with zero attached hydrogens (tertiary/aromatic N) is 1. The van der Waals surface area contributed by atoms with Gasteiger partial charge in [-0.3, -0.25) is 4.79 Å². The lowest BCUT2D eigenvalue weighted by Crippen LogP contribution is -2.45. The molecule has 1 amide bonds. The van der Waals surface area contributed by atoms with Crippen LogP contribution in [0.3, 0.4) is 0 Å². The second-order valence-corrected chi connectivity index (χ2v) is 7.15. The average Bonchev–Trinajstić information content (AvgIpc) is 2.29. The fourth-order valence-corrected chi connectivity index (χ4v) is 3.31. The number of hydrogen-bond acceptors (Lipinski definition) is 3. The van der Waals surface area contributed by atoms with Gasteiger partial charge in [-0.1, -0.05) is 0 Å². The Balaban J connectivity index is 2.54. The van der Waals surface area contributed by atoms with Gasteiger partial charge < -0.3 is 5.32 Å². The lowest BCUT2D eigenvalue weighted by atomic mass is 9.97. The second kappa shape index (κ2) is 5.82. The highest BCUT2D eigenvalue weighted by Crippen LogP contribution is 2.21. The van der Waals surface area contributed by atoms with E-state index in [1.165, 1.54) is 4.31 Å². The molecule has 0 spiro atoms. The Morgan fingerprint density at radius 1 is 1.35 bits per heavy atom. The predicted octanol–water partition coefficient (Wildman–Crippen LogP) is 0.573. The second-order valence-electron chi connectivity index (χ2n) is 4.66. The molecular weight excluding hydrogens is 240 g/mol. The minimum Gasteiger partial charge on any atom is -0.356 e. The highest BCUT2D eigenvalue weighted by Gasteiger charge is 2.32. The van der Waals surface area contributed by atoms with Crippen molar-refractivity contribution in [3.05, 3.63) is 0 Å².